The van der Waals surface area contributed by atoms with E-state index in [0.29, 0.717) is 0 Å². The van der Waals surface area contributed by atoms with Gasteiger partial charge in [-0.2, -0.15) is 0 Å². The topological polar surface area (TPSA) is 55.2 Å². The van der Waals surface area contributed by atoms with Gasteiger partial charge in [0.15, 0.2) is 17.5 Å². The monoisotopic (exact) mass is 268 g/mol. The summed E-state index contributed by atoms with van der Waals surface area (Å²) in [7, 11) is 0. The summed E-state index contributed by atoms with van der Waals surface area (Å²) in [5.74, 6) is -4.40. The Labute approximate surface area is 105 Å². The van der Waals surface area contributed by atoms with Crippen molar-refractivity contribution >= 4 is 17.1 Å². The van der Waals surface area contributed by atoms with Gasteiger partial charge in [-0.1, -0.05) is 12.1 Å². The molecule has 0 aliphatic heterocycles. The Morgan fingerprint density at radius 1 is 0.947 bits per heavy atom. The highest BCUT2D eigenvalue weighted by molar-refractivity contribution is 5.69. The molecule has 7 heteroatoms. The number of halogens is 3. The van der Waals surface area contributed by atoms with Crippen LogP contribution in [0.3, 0.4) is 0 Å². The molecule has 0 bridgehead atoms. The van der Waals surface area contributed by atoms with E-state index in [1.807, 2.05) is 0 Å². The first-order valence-electron chi connectivity index (χ1n) is 5.14. The van der Waals surface area contributed by atoms with E-state index in [1.165, 1.54) is 24.3 Å². The smallest absolute Gasteiger partial charge is 0.292 e. The van der Waals surface area contributed by atoms with E-state index in [1.54, 1.807) is 0 Å². The van der Waals surface area contributed by atoms with E-state index in [4.69, 9.17) is 0 Å². The van der Waals surface area contributed by atoms with E-state index in [0.717, 1.165) is 12.1 Å². The fourth-order valence-corrected chi connectivity index (χ4v) is 1.51. The Bertz CT molecular complexity index is 647. The molecular weight excluding hydrogens is 261 g/mol. The molecule has 98 valence electrons. The van der Waals surface area contributed by atoms with Gasteiger partial charge in [-0.05, 0) is 18.2 Å². The van der Waals surface area contributed by atoms with Crippen LogP contribution in [0.25, 0.3) is 0 Å². The number of anilines is 2. The molecular formula is C12H7F3N2O2. The summed E-state index contributed by atoms with van der Waals surface area (Å²) in [6, 6.07) is 7.16. The zero-order valence-electron chi connectivity index (χ0n) is 9.36. The number of rotatable bonds is 3. The molecule has 0 amide bonds. The maximum atomic E-state index is 13.4. The van der Waals surface area contributed by atoms with Crippen molar-refractivity contribution in [2.75, 3.05) is 5.32 Å². The van der Waals surface area contributed by atoms with Crippen LogP contribution < -0.4 is 5.32 Å². The lowest BCUT2D eigenvalue weighted by Crippen LogP contribution is -2.01. The van der Waals surface area contributed by atoms with Crippen LogP contribution in [0.1, 0.15) is 0 Å². The number of hydrogen-bond donors (Lipinski definition) is 1. The summed E-state index contributed by atoms with van der Waals surface area (Å²) in [6.07, 6.45) is 0. The minimum Gasteiger partial charge on any atom is -0.347 e. The van der Waals surface area contributed by atoms with Crippen molar-refractivity contribution in [2.24, 2.45) is 0 Å². The minimum atomic E-state index is -1.64. The van der Waals surface area contributed by atoms with E-state index < -0.39 is 22.4 Å². The summed E-state index contributed by atoms with van der Waals surface area (Å²) in [6.45, 7) is 0. The number of para-hydroxylation sites is 2. The predicted molar refractivity (Wildman–Crippen MR) is 62.7 cm³/mol. The first-order chi connectivity index (χ1) is 9.00. The Morgan fingerprint density at radius 2 is 1.63 bits per heavy atom. The van der Waals surface area contributed by atoms with Gasteiger partial charge >= 0.3 is 0 Å². The van der Waals surface area contributed by atoms with Gasteiger partial charge in [-0.25, -0.2) is 13.2 Å². The maximum Gasteiger partial charge on any atom is 0.292 e. The van der Waals surface area contributed by atoms with Crippen molar-refractivity contribution in [3.05, 3.63) is 64.0 Å². The van der Waals surface area contributed by atoms with Crippen LogP contribution in [0.2, 0.25) is 0 Å². The molecule has 2 rings (SSSR count). The molecule has 0 heterocycles. The van der Waals surface area contributed by atoms with Crippen molar-refractivity contribution in [1.29, 1.82) is 0 Å². The number of nitro benzene ring substituents is 1. The molecule has 0 spiro atoms. The number of benzene rings is 2. The van der Waals surface area contributed by atoms with Gasteiger partial charge in [0.25, 0.3) is 5.69 Å². The molecule has 2 aromatic rings. The predicted octanol–water partition coefficient (Wildman–Crippen LogP) is 3.76. The minimum absolute atomic E-state index is 0.0163. The molecule has 19 heavy (non-hydrogen) atoms. The van der Waals surface area contributed by atoms with E-state index >= 15 is 0 Å². The van der Waals surface area contributed by atoms with Crippen molar-refractivity contribution in [1.82, 2.24) is 0 Å². The molecule has 0 saturated heterocycles. The first kappa shape index (κ1) is 12.9. The highest BCUT2D eigenvalue weighted by Crippen LogP contribution is 2.29. The SMILES string of the molecule is O=[N+]([O-])c1ccccc1Nc1ccc(F)c(F)c1F. The van der Waals surface area contributed by atoms with Crippen LogP contribution in [0, 0.1) is 27.6 Å². The molecule has 0 saturated carbocycles. The van der Waals surface area contributed by atoms with Crippen LogP contribution in [0.15, 0.2) is 36.4 Å². The zero-order valence-corrected chi connectivity index (χ0v) is 9.36. The average molecular weight is 268 g/mol. The van der Waals surface area contributed by atoms with E-state index in [-0.39, 0.29) is 17.1 Å². The number of nitrogens with zero attached hydrogens (tertiary/aromatic N) is 1. The quantitative estimate of drug-likeness (QED) is 0.524. The van der Waals surface area contributed by atoms with Crippen LogP contribution in [-0.4, -0.2) is 4.92 Å². The van der Waals surface area contributed by atoms with Gasteiger partial charge < -0.3 is 5.32 Å². The van der Waals surface area contributed by atoms with Crippen molar-refractivity contribution in [3.8, 4) is 0 Å². The largest absolute Gasteiger partial charge is 0.347 e. The number of nitro groups is 1. The summed E-state index contributed by atoms with van der Waals surface area (Å²) in [5, 5.41) is 13.1. The summed E-state index contributed by atoms with van der Waals surface area (Å²) < 4.78 is 39.2. The summed E-state index contributed by atoms with van der Waals surface area (Å²) in [5.41, 5.74) is -0.697. The third-order valence-corrected chi connectivity index (χ3v) is 2.41. The van der Waals surface area contributed by atoms with Crippen LogP contribution in [0.4, 0.5) is 30.2 Å². The first-order valence-corrected chi connectivity index (χ1v) is 5.14. The van der Waals surface area contributed by atoms with Crippen LogP contribution in [0.5, 0.6) is 0 Å². The highest BCUT2D eigenvalue weighted by atomic mass is 19.2. The lowest BCUT2D eigenvalue weighted by Gasteiger charge is -2.08. The Balaban J connectivity index is 2.42. The van der Waals surface area contributed by atoms with Crippen molar-refractivity contribution < 1.29 is 18.1 Å². The normalized spacial score (nSPS) is 10.3. The van der Waals surface area contributed by atoms with Crippen molar-refractivity contribution in [2.45, 2.75) is 0 Å². The van der Waals surface area contributed by atoms with Gasteiger partial charge in [-0.15, -0.1) is 0 Å². The fraction of sp³-hybridized carbons (Fsp3) is 0. The Hall–Kier alpha value is -2.57. The number of hydrogen-bond acceptors (Lipinski definition) is 3. The molecule has 0 fully saturated rings. The van der Waals surface area contributed by atoms with Gasteiger partial charge in [0, 0.05) is 6.07 Å². The molecule has 0 radical (unpaired) electrons. The van der Waals surface area contributed by atoms with Gasteiger partial charge in [-0.3, -0.25) is 10.1 Å². The third kappa shape index (κ3) is 2.49. The average Bonchev–Trinajstić information content (AvgIpc) is 2.40. The van der Waals surface area contributed by atoms with Gasteiger partial charge in [0.05, 0.1) is 10.6 Å². The van der Waals surface area contributed by atoms with E-state index in [9.17, 15) is 23.3 Å². The Kier molecular flexibility index (Phi) is 3.37. The van der Waals surface area contributed by atoms with Crippen molar-refractivity contribution in [3.63, 3.8) is 0 Å². The highest BCUT2D eigenvalue weighted by Gasteiger charge is 2.17. The van der Waals surface area contributed by atoms with E-state index in [2.05, 4.69) is 5.32 Å². The van der Waals surface area contributed by atoms with Crippen LogP contribution in [-0.2, 0) is 0 Å². The Morgan fingerprint density at radius 3 is 2.32 bits per heavy atom. The maximum absolute atomic E-state index is 13.4. The standard InChI is InChI=1S/C12H7F3N2O2/c13-7-5-6-9(12(15)11(7)14)16-8-3-1-2-4-10(8)17(18)19/h1-6,16H. The molecule has 0 aromatic heterocycles. The second-order valence-electron chi connectivity index (χ2n) is 3.62. The third-order valence-electron chi connectivity index (χ3n) is 2.41. The molecule has 2 aromatic carbocycles. The second kappa shape index (κ2) is 4.97. The molecule has 0 atom stereocenters. The molecule has 4 nitrogen and oxygen atoms in total. The molecule has 0 unspecified atom stereocenters. The second-order valence-corrected chi connectivity index (χ2v) is 3.62. The van der Waals surface area contributed by atoms with Crippen LogP contribution >= 0.6 is 0 Å². The molecule has 0 aliphatic carbocycles. The van der Waals surface area contributed by atoms with Gasteiger partial charge in [0.1, 0.15) is 5.69 Å². The summed E-state index contributed by atoms with van der Waals surface area (Å²) >= 11 is 0. The lowest BCUT2D eigenvalue weighted by molar-refractivity contribution is -0.383. The summed E-state index contributed by atoms with van der Waals surface area (Å²) in [4.78, 5) is 10.1. The zero-order chi connectivity index (χ0) is 14.0. The molecule has 0 aliphatic rings. The molecule has 1 N–H and O–H groups in total. The lowest BCUT2D eigenvalue weighted by atomic mass is 10.2. The van der Waals surface area contributed by atoms with Gasteiger partial charge in [0.2, 0.25) is 0 Å². The number of nitrogens with one attached hydrogen (secondary N) is 1. The fourth-order valence-electron chi connectivity index (χ4n) is 1.51.